The van der Waals surface area contributed by atoms with Crippen molar-refractivity contribution in [3.05, 3.63) is 35.1 Å². The van der Waals surface area contributed by atoms with Crippen molar-refractivity contribution < 1.29 is 4.39 Å². The molecule has 0 aliphatic heterocycles. The van der Waals surface area contributed by atoms with Crippen molar-refractivity contribution in [2.45, 2.75) is 13.1 Å². The SMILES string of the molecule is N=C(S)NCc1cccc(CNC(=N)S)c1F. The van der Waals surface area contributed by atoms with Crippen LogP contribution >= 0.6 is 25.3 Å². The molecule has 0 atom stereocenters. The van der Waals surface area contributed by atoms with Gasteiger partial charge in [-0.1, -0.05) is 18.2 Å². The predicted molar refractivity (Wildman–Crippen MR) is 73.5 cm³/mol. The van der Waals surface area contributed by atoms with Crippen LogP contribution in [0.3, 0.4) is 0 Å². The molecule has 0 aliphatic rings. The quantitative estimate of drug-likeness (QED) is 0.287. The molecule has 0 bridgehead atoms. The van der Waals surface area contributed by atoms with Crippen molar-refractivity contribution >= 4 is 35.6 Å². The van der Waals surface area contributed by atoms with Gasteiger partial charge in [-0.2, -0.15) is 0 Å². The van der Waals surface area contributed by atoms with E-state index in [9.17, 15) is 4.39 Å². The molecule has 0 saturated heterocycles. The first-order valence-corrected chi connectivity index (χ1v) is 5.69. The van der Waals surface area contributed by atoms with Gasteiger partial charge in [0.2, 0.25) is 0 Å². The molecule has 17 heavy (non-hydrogen) atoms. The minimum absolute atomic E-state index is 0.00920. The first kappa shape index (κ1) is 13.9. The van der Waals surface area contributed by atoms with Crippen LogP contribution in [0.5, 0.6) is 0 Å². The molecule has 1 rings (SSSR count). The number of hydrogen-bond acceptors (Lipinski definition) is 2. The van der Waals surface area contributed by atoms with Crippen molar-refractivity contribution in [2.24, 2.45) is 0 Å². The van der Waals surface area contributed by atoms with Crippen LogP contribution in [-0.2, 0) is 13.1 Å². The van der Waals surface area contributed by atoms with Crippen molar-refractivity contribution in [3.8, 4) is 0 Å². The maximum Gasteiger partial charge on any atom is 0.150 e. The molecule has 4 nitrogen and oxygen atoms in total. The molecule has 0 saturated carbocycles. The largest absolute Gasteiger partial charge is 0.361 e. The highest BCUT2D eigenvalue weighted by Crippen LogP contribution is 2.13. The molecular weight excluding hydrogens is 259 g/mol. The van der Waals surface area contributed by atoms with Gasteiger partial charge in [-0.25, -0.2) is 4.39 Å². The Kier molecular flexibility index (Phi) is 5.30. The maximum absolute atomic E-state index is 13.9. The summed E-state index contributed by atoms with van der Waals surface area (Å²) in [4.78, 5) is 0. The predicted octanol–water partition coefficient (Wildman–Crippen LogP) is 1.73. The molecule has 92 valence electrons. The van der Waals surface area contributed by atoms with Crippen LogP contribution in [0, 0.1) is 16.6 Å². The summed E-state index contributed by atoms with van der Waals surface area (Å²) < 4.78 is 13.9. The second-order valence-electron chi connectivity index (χ2n) is 3.29. The summed E-state index contributed by atoms with van der Waals surface area (Å²) in [6.45, 7) is 0.417. The Morgan fingerprint density at radius 1 is 1.06 bits per heavy atom. The molecule has 0 aliphatic carbocycles. The zero-order valence-corrected chi connectivity index (χ0v) is 10.7. The van der Waals surface area contributed by atoms with Gasteiger partial charge in [0.15, 0.2) is 10.3 Å². The molecular formula is C10H13FN4S2. The molecule has 7 heteroatoms. The van der Waals surface area contributed by atoms with Gasteiger partial charge < -0.3 is 10.6 Å². The highest BCUT2D eigenvalue weighted by molar-refractivity contribution is 7.96. The Bertz CT molecular complexity index is 400. The summed E-state index contributed by atoms with van der Waals surface area (Å²) in [7, 11) is 0. The lowest BCUT2D eigenvalue weighted by Crippen LogP contribution is -2.20. The van der Waals surface area contributed by atoms with Crippen LogP contribution < -0.4 is 10.6 Å². The minimum Gasteiger partial charge on any atom is -0.361 e. The maximum atomic E-state index is 13.9. The Labute approximate surface area is 110 Å². The molecule has 1 aromatic rings. The number of rotatable bonds is 4. The normalized spacial score (nSPS) is 9.82. The van der Waals surface area contributed by atoms with E-state index >= 15 is 0 Å². The van der Waals surface area contributed by atoms with Gasteiger partial charge in [0.1, 0.15) is 5.82 Å². The molecule has 0 aromatic heterocycles. The number of halogens is 1. The average Bonchev–Trinajstić information content (AvgIpc) is 2.25. The van der Waals surface area contributed by atoms with E-state index in [2.05, 4.69) is 35.9 Å². The third-order valence-corrected chi connectivity index (χ3v) is 2.37. The van der Waals surface area contributed by atoms with E-state index in [0.717, 1.165) is 0 Å². The van der Waals surface area contributed by atoms with Crippen LogP contribution in [-0.4, -0.2) is 10.3 Å². The van der Waals surface area contributed by atoms with E-state index in [1.165, 1.54) is 0 Å². The summed E-state index contributed by atoms with van der Waals surface area (Å²) in [6.07, 6.45) is 0. The van der Waals surface area contributed by atoms with Gasteiger partial charge in [-0.15, -0.1) is 25.3 Å². The van der Waals surface area contributed by atoms with Gasteiger partial charge in [0, 0.05) is 24.2 Å². The summed E-state index contributed by atoms with van der Waals surface area (Å²) in [5, 5.41) is 19.4. The van der Waals surface area contributed by atoms with Crippen molar-refractivity contribution in [2.75, 3.05) is 0 Å². The molecule has 0 heterocycles. The fourth-order valence-electron chi connectivity index (χ4n) is 1.26. The smallest absolute Gasteiger partial charge is 0.150 e. The molecule has 0 radical (unpaired) electrons. The van der Waals surface area contributed by atoms with Crippen molar-refractivity contribution in [1.29, 1.82) is 10.8 Å². The van der Waals surface area contributed by atoms with E-state index in [0.29, 0.717) is 11.1 Å². The number of benzene rings is 1. The molecule has 0 amide bonds. The van der Waals surface area contributed by atoms with E-state index < -0.39 is 0 Å². The highest BCUT2D eigenvalue weighted by atomic mass is 32.1. The van der Waals surface area contributed by atoms with E-state index in [1.807, 2.05) is 0 Å². The third-order valence-electron chi connectivity index (χ3n) is 2.05. The van der Waals surface area contributed by atoms with Crippen LogP contribution in [0.15, 0.2) is 18.2 Å². The molecule has 1 aromatic carbocycles. The fourth-order valence-corrected chi connectivity index (χ4v) is 1.42. The van der Waals surface area contributed by atoms with Crippen LogP contribution in [0.1, 0.15) is 11.1 Å². The second kappa shape index (κ2) is 6.51. The summed E-state index contributed by atoms with van der Waals surface area (Å²) in [5.74, 6) is -0.350. The molecule has 0 unspecified atom stereocenters. The lowest BCUT2D eigenvalue weighted by molar-refractivity contribution is 0.586. The Balaban J connectivity index is 2.76. The zero-order valence-electron chi connectivity index (χ0n) is 8.92. The van der Waals surface area contributed by atoms with E-state index in [-0.39, 0.29) is 29.2 Å². The van der Waals surface area contributed by atoms with Crippen molar-refractivity contribution in [3.63, 3.8) is 0 Å². The van der Waals surface area contributed by atoms with Gasteiger partial charge in [-0.3, -0.25) is 10.8 Å². The van der Waals surface area contributed by atoms with Gasteiger partial charge in [0.05, 0.1) is 0 Å². The van der Waals surface area contributed by atoms with Gasteiger partial charge in [0.25, 0.3) is 0 Å². The lowest BCUT2D eigenvalue weighted by atomic mass is 10.1. The molecule has 0 spiro atoms. The molecule has 4 N–H and O–H groups in total. The third kappa shape index (κ3) is 4.66. The van der Waals surface area contributed by atoms with E-state index in [1.54, 1.807) is 18.2 Å². The summed E-state index contributed by atoms with van der Waals surface area (Å²) >= 11 is 7.51. The number of thiol groups is 2. The Morgan fingerprint density at radius 3 is 1.82 bits per heavy atom. The monoisotopic (exact) mass is 272 g/mol. The molecule has 0 fully saturated rings. The minimum atomic E-state index is -0.350. The lowest BCUT2D eigenvalue weighted by Gasteiger charge is -2.09. The summed E-state index contributed by atoms with van der Waals surface area (Å²) in [6, 6.07) is 4.99. The summed E-state index contributed by atoms with van der Waals surface area (Å²) in [5.41, 5.74) is 0.905. The first-order valence-electron chi connectivity index (χ1n) is 4.79. The Hall–Kier alpha value is -1.21. The average molecular weight is 272 g/mol. The van der Waals surface area contributed by atoms with Crippen LogP contribution in [0.25, 0.3) is 0 Å². The number of nitrogens with one attached hydrogen (secondary N) is 4. The number of hydrogen-bond donors (Lipinski definition) is 6. The van der Waals surface area contributed by atoms with Crippen LogP contribution in [0.2, 0.25) is 0 Å². The fraction of sp³-hybridized carbons (Fsp3) is 0.200. The topological polar surface area (TPSA) is 71.8 Å². The zero-order chi connectivity index (χ0) is 12.8. The van der Waals surface area contributed by atoms with E-state index in [4.69, 9.17) is 10.8 Å². The Morgan fingerprint density at radius 2 is 1.47 bits per heavy atom. The first-order chi connectivity index (χ1) is 8.00. The van der Waals surface area contributed by atoms with Gasteiger partial charge >= 0.3 is 0 Å². The highest BCUT2D eigenvalue weighted by Gasteiger charge is 2.07. The number of amidine groups is 2. The second-order valence-corrected chi connectivity index (χ2v) is 4.19. The van der Waals surface area contributed by atoms with Crippen LogP contribution in [0.4, 0.5) is 4.39 Å². The van der Waals surface area contributed by atoms with Gasteiger partial charge in [-0.05, 0) is 0 Å². The van der Waals surface area contributed by atoms with Crippen molar-refractivity contribution in [1.82, 2.24) is 10.6 Å². The standard InChI is InChI=1S/C10H13FN4S2/c11-8-6(4-14-9(12)16)2-1-3-7(8)5-15-10(13)17/h1-3H,4-5H2,(H3,12,14,16)(H3,13,15,17).